The van der Waals surface area contributed by atoms with Crippen molar-refractivity contribution >= 4 is 11.7 Å². The van der Waals surface area contributed by atoms with Crippen molar-refractivity contribution in [3.63, 3.8) is 0 Å². The number of aryl methyl sites for hydroxylation is 2. The third-order valence-corrected chi connectivity index (χ3v) is 2.73. The van der Waals surface area contributed by atoms with E-state index in [4.69, 9.17) is 5.11 Å². The average molecular weight is 253 g/mol. The van der Waals surface area contributed by atoms with E-state index in [1.165, 1.54) is 10.6 Å². The van der Waals surface area contributed by atoms with Crippen LogP contribution in [0.25, 0.3) is 0 Å². The van der Waals surface area contributed by atoms with Gasteiger partial charge in [0.1, 0.15) is 0 Å². The number of nitrogens with zero attached hydrogens (tertiary/aromatic N) is 1. The second-order valence-corrected chi connectivity index (χ2v) is 4.21. The summed E-state index contributed by atoms with van der Waals surface area (Å²) in [4.78, 5) is 23.0. The molecule has 0 aliphatic heterocycles. The Kier molecular flexibility index (Phi) is 4.91. The monoisotopic (exact) mass is 253 g/mol. The quantitative estimate of drug-likeness (QED) is 0.734. The van der Waals surface area contributed by atoms with Crippen molar-refractivity contribution in [3.8, 4) is 0 Å². The second-order valence-electron chi connectivity index (χ2n) is 4.21. The molecule has 6 nitrogen and oxygen atoms in total. The molecular formula is C12H19N3O3. The highest BCUT2D eigenvalue weighted by Gasteiger charge is 2.10. The van der Waals surface area contributed by atoms with Gasteiger partial charge >= 0.3 is 6.03 Å². The number of pyridine rings is 1. The predicted molar refractivity (Wildman–Crippen MR) is 69.7 cm³/mol. The number of hydrogen-bond acceptors (Lipinski definition) is 3. The number of carbonyl (C=O) groups excluding carboxylic acids is 1. The fourth-order valence-corrected chi connectivity index (χ4v) is 1.48. The molecule has 1 atom stereocenters. The van der Waals surface area contributed by atoms with E-state index in [1.807, 2.05) is 6.92 Å². The summed E-state index contributed by atoms with van der Waals surface area (Å²) < 4.78 is 1.39. The summed E-state index contributed by atoms with van der Waals surface area (Å²) in [6, 6.07) is 0.800. The second kappa shape index (κ2) is 6.20. The van der Waals surface area contributed by atoms with Crippen LogP contribution >= 0.6 is 0 Å². The van der Waals surface area contributed by atoms with Crippen LogP contribution in [0.15, 0.2) is 17.1 Å². The summed E-state index contributed by atoms with van der Waals surface area (Å²) in [7, 11) is 1.62. The molecule has 1 aromatic heterocycles. The van der Waals surface area contributed by atoms with Gasteiger partial charge in [0.25, 0.3) is 5.56 Å². The molecule has 3 N–H and O–H groups in total. The fraction of sp³-hybridized carbons (Fsp3) is 0.500. The number of aromatic nitrogens is 1. The first kappa shape index (κ1) is 14.2. The molecule has 0 aromatic carbocycles. The molecule has 0 spiro atoms. The zero-order valence-corrected chi connectivity index (χ0v) is 10.9. The van der Waals surface area contributed by atoms with Gasteiger partial charge in [-0.05, 0) is 18.9 Å². The van der Waals surface area contributed by atoms with Crippen molar-refractivity contribution in [3.05, 3.63) is 28.2 Å². The molecule has 1 heterocycles. The molecule has 0 aliphatic carbocycles. The van der Waals surface area contributed by atoms with Crippen LogP contribution < -0.4 is 16.2 Å². The van der Waals surface area contributed by atoms with Gasteiger partial charge < -0.3 is 20.3 Å². The largest absolute Gasteiger partial charge is 0.394 e. The number of aliphatic hydroxyl groups excluding tert-OH is 1. The minimum absolute atomic E-state index is 0.101. The minimum atomic E-state index is -0.391. The summed E-state index contributed by atoms with van der Waals surface area (Å²) in [6.45, 7) is 3.52. The number of aliphatic hydroxyl groups is 1. The Morgan fingerprint density at radius 3 is 2.78 bits per heavy atom. The highest BCUT2D eigenvalue weighted by molar-refractivity contribution is 5.90. The number of urea groups is 1. The van der Waals surface area contributed by atoms with Gasteiger partial charge in [-0.2, -0.15) is 0 Å². The molecule has 0 bridgehead atoms. The zero-order valence-electron chi connectivity index (χ0n) is 10.9. The molecule has 1 aromatic rings. The van der Waals surface area contributed by atoms with Crippen LogP contribution in [0.2, 0.25) is 0 Å². The van der Waals surface area contributed by atoms with E-state index in [-0.39, 0.29) is 18.2 Å². The lowest BCUT2D eigenvalue weighted by atomic mass is 10.2. The number of carbonyl (C=O) groups is 1. The summed E-state index contributed by atoms with van der Waals surface area (Å²) in [5, 5.41) is 14.3. The standard InChI is InChI=1S/C12H19N3O3/c1-4-9(7-16)13-12(18)14-10-6-15(3)11(17)5-8(10)2/h5-6,9,16H,4,7H2,1-3H3,(H2,13,14,18). The molecule has 1 rings (SSSR count). The highest BCUT2D eigenvalue weighted by Crippen LogP contribution is 2.10. The normalized spacial score (nSPS) is 12.0. The Balaban J connectivity index is 2.76. The molecule has 2 amide bonds. The molecule has 100 valence electrons. The average Bonchev–Trinajstić information content (AvgIpc) is 2.33. The molecular weight excluding hydrogens is 234 g/mol. The third kappa shape index (κ3) is 3.59. The van der Waals surface area contributed by atoms with Crippen molar-refractivity contribution < 1.29 is 9.90 Å². The lowest BCUT2D eigenvalue weighted by Gasteiger charge is -2.16. The first-order chi connectivity index (χ1) is 8.47. The van der Waals surface area contributed by atoms with Gasteiger partial charge in [0, 0.05) is 19.3 Å². The van der Waals surface area contributed by atoms with Crippen LogP contribution in [-0.4, -0.2) is 28.4 Å². The topological polar surface area (TPSA) is 83.4 Å². The van der Waals surface area contributed by atoms with E-state index in [0.717, 1.165) is 0 Å². The van der Waals surface area contributed by atoms with Crippen LogP contribution in [0.4, 0.5) is 10.5 Å². The van der Waals surface area contributed by atoms with Crippen molar-refractivity contribution in [1.29, 1.82) is 0 Å². The Bertz CT molecular complexity index is 478. The van der Waals surface area contributed by atoms with Gasteiger partial charge in [-0.3, -0.25) is 4.79 Å². The maximum absolute atomic E-state index is 11.7. The van der Waals surface area contributed by atoms with Crippen LogP contribution in [-0.2, 0) is 7.05 Å². The van der Waals surface area contributed by atoms with Crippen molar-refractivity contribution in [2.24, 2.45) is 7.05 Å². The maximum atomic E-state index is 11.7. The molecule has 18 heavy (non-hydrogen) atoms. The number of hydrogen-bond donors (Lipinski definition) is 3. The summed E-state index contributed by atoms with van der Waals surface area (Å²) >= 11 is 0. The van der Waals surface area contributed by atoms with Crippen LogP contribution in [0.1, 0.15) is 18.9 Å². The van der Waals surface area contributed by atoms with E-state index in [9.17, 15) is 9.59 Å². The minimum Gasteiger partial charge on any atom is -0.394 e. The van der Waals surface area contributed by atoms with Gasteiger partial charge in [-0.15, -0.1) is 0 Å². The summed E-state index contributed by atoms with van der Waals surface area (Å²) in [5.74, 6) is 0. The SMILES string of the molecule is CCC(CO)NC(=O)Nc1cn(C)c(=O)cc1C. The first-order valence-corrected chi connectivity index (χ1v) is 5.83. The Morgan fingerprint density at radius 2 is 2.22 bits per heavy atom. The van der Waals surface area contributed by atoms with Gasteiger partial charge in [0.05, 0.1) is 18.3 Å². The summed E-state index contributed by atoms with van der Waals surface area (Å²) in [6.07, 6.45) is 2.22. The van der Waals surface area contributed by atoms with Gasteiger partial charge in [-0.1, -0.05) is 6.92 Å². The number of anilines is 1. The predicted octanol–water partition coefficient (Wildman–Crippen LogP) is 0.586. The van der Waals surface area contributed by atoms with Gasteiger partial charge in [0.15, 0.2) is 0 Å². The smallest absolute Gasteiger partial charge is 0.319 e. The number of rotatable bonds is 4. The van der Waals surface area contributed by atoms with Crippen molar-refractivity contribution in [2.45, 2.75) is 26.3 Å². The Labute approximate surface area is 106 Å². The zero-order chi connectivity index (χ0) is 13.7. The molecule has 6 heteroatoms. The number of nitrogens with one attached hydrogen (secondary N) is 2. The molecule has 1 unspecified atom stereocenters. The molecule has 0 radical (unpaired) electrons. The van der Waals surface area contributed by atoms with Crippen molar-refractivity contribution in [1.82, 2.24) is 9.88 Å². The van der Waals surface area contributed by atoms with E-state index >= 15 is 0 Å². The lowest BCUT2D eigenvalue weighted by Crippen LogP contribution is -2.40. The van der Waals surface area contributed by atoms with E-state index in [2.05, 4.69) is 10.6 Å². The fourth-order valence-electron chi connectivity index (χ4n) is 1.48. The van der Waals surface area contributed by atoms with E-state index in [0.29, 0.717) is 17.7 Å². The van der Waals surface area contributed by atoms with Gasteiger partial charge in [-0.25, -0.2) is 4.79 Å². The van der Waals surface area contributed by atoms with Crippen LogP contribution in [0.3, 0.4) is 0 Å². The maximum Gasteiger partial charge on any atom is 0.319 e. The third-order valence-electron chi connectivity index (χ3n) is 2.73. The van der Waals surface area contributed by atoms with Gasteiger partial charge in [0.2, 0.25) is 0 Å². The Morgan fingerprint density at radius 1 is 1.56 bits per heavy atom. The molecule has 0 fully saturated rings. The molecule has 0 saturated carbocycles. The summed E-state index contributed by atoms with van der Waals surface area (Å²) in [5.41, 5.74) is 1.15. The first-order valence-electron chi connectivity index (χ1n) is 5.83. The molecule has 0 saturated heterocycles. The van der Waals surface area contributed by atoms with Crippen LogP contribution in [0, 0.1) is 6.92 Å². The number of amides is 2. The van der Waals surface area contributed by atoms with Crippen molar-refractivity contribution in [2.75, 3.05) is 11.9 Å². The van der Waals surface area contributed by atoms with Crippen LogP contribution in [0.5, 0.6) is 0 Å². The molecule has 0 aliphatic rings. The van der Waals surface area contributed by atoms with E-state index in [1.54, 1.807) is 20.2 Å². The highest BCUT2D eigenvalue weighted by atomic mass is 16.3. The van der Waals surface area contributed by atoms with E-state index < -0.39 is 6.03 Å². The Hall–Kier alpha value is -1.82. The lowest BCUT2D eigenvalue weighted by molar-refractivity contribution is 0.222.